The summed E-state index contributed by atoms with van der Waals surface area (Å²) in [4.78, 5) is 13.2. The van der Waals surface area contributed by atoms with Crippen LogP contribution in [0.25, 0.3) is 0 Å². The van der Waals surface area contributed by atoms with Crippen molar-refractivity contribution in [1.82, 2.24) is 0 Å². The molecule has 1 N–H and O–H groups in total. The molecule has 3 aromatic rings. The zero-order chi connectivity index (χ0) is 21.5. The first-order chi connectivity index (χ1) is 14.3. The lowest BCUT2D eigenvalue weighted by atomic mass is 10.1. The van der Waals surface area contributed by atoms with Crippen LogP contribution in [0.4, 0.5) is 14.5 Å². The fourth-order valence-corrected chi connectivity index (χ4v) is 4.96. The Morgan fingerprint density at radius 3 is 2.10 bits per heavy atom. The monoisotopic (exact) mass is 429 g/mol. The highest BCUT2D eigenvalue weighted by Crippen LogP contribution is 2.51. The summed E-state index contributed by atoms with van der Waals surface area (Å²) in [7, 11) is -4.28. The highest BCUT2D eigenvalue weighted by atomic mass is 32.2. The second-order valence-electron chi connectivity index (χ2n) is 7.02. The predicted octanol–water partition coefficient (Wildman–Crippen LogP) is 4.20. The van der Waals surface area contributed by atoms with Crippen molar-refractivity contribution >= 4 is 21.6 Å². The maximum atomic E-state index is 14.1. The molecule has 3 aromatic carbocycles. The van der Waals surface area contributed by atoms with E-state index in [1.54, 1.807) is 6.07 Å². The Morgan fingerprint density at radius 2 is 1.50 bits per heavy atom. The zero-order valence-corrected chi connectivity index (χ0v) is 16.4. The van der Waals surface area contributed by atoms with Gasteiger partial charge in [-0.05, 0) is 55.0 Å². The van der Waals surface area contributed by atoms with Gasteiger partial charge in [0.2, 0.25) is 5.91 Å². The van der Waals surface area contributed by atoms with Crippen LogP contribution in [0.3, 0.4) is 0 Å². The van der Waals surface area contributed by atoms with E-state index in [-0.39, 0.29) is 28.3 Å². The normalized spacial score (nSPS) is 18.1. The van der Waals surface area contributed by atoms with E-state index in [2.05, 4.69) is 0 Å². The zero-order valence-electron chi connectivity index (χ0n) is 15.6. The molecule has 0 bridgehead atoms. The molecule has 1 aliphatic carbocycles. The third-order valence-corrected chi connectivity index (χ3v) is 6.78. The van der Waals surface area contributed by atoms with Gasteiger partial charge in [-0.2, -0.15) is 0 Å². The Morgan fingerprint density at radius 1 is 0.900 bits per heavy atom. The van der Waals surface area contributed by atoms with Gasteiger partial charge in [-0.1, -0.05) is 24.3 Å². The summed E-state index contributed by atoms with van der Waals surface area (Å²) in [6, 6.07) is 16.0. The quantitative estimate of drug-likeness (QED) is 0.660. The van der Waals surface area contributed by atoms with Crippen LogP contribution in [0.1, 0.15) is 17.9 Å². The first kappa shape index (κ1) is 20.0. The van der Waals surface area contributed by atoms with Gasteiger partial charge in [-0.15, -0.1) is 0 Å². The van der Waals surface area contributed by atoms with E-state index in [4.69, 9.17) is 0 Å². The minimum atomic E-state index is -4.28. The van der Waals surface area contributed by atoms with Crippen LogP contribution < -0.4 is 4.31 Å². The van der Waals surface area contributed by atoms with E-state index < -0.39 is 39.4 Å². The number of nitrogens with zero attached hydrogens (tertiary/aromatic N) is 1. The first-order valence-corrected chi connectivity index (χ1v) is 10.6. The highest BCUT2D eigenvalue weighted by molar-refractivity contribution is 7.93. The number of hydrogen-bond donors (Lipinski definition) is 1. The van der Waals surface area contributed by atoms with Crippen LogP contribution in [0.15, 0.2) is 77.7 Å². The van der Waals surface area contributed by atoms with E-state index >= 15 is 0 Å². The number of anilines is 1. The van der Waals surface area contributed by atoms with Gasteiger partial charge in [0.1, 0.15) is 17.4 Å². The molecule has 30 heavy (non-hydrogen) atoms. The molecule has 0 saturated heterocycles. The van der Waals surface area contributed by atoms with Crippen molar-refractivity contribution in [3.8, 4) is 5.75 Å². The number of amides is 1. The summed E-state index contributed by atoms with van der Waals surface area (Å²) in [6.07, 6.45) is 0.135. The van der Waals surface area contributed by atoms with Crippen molar-refractivity contribution in [2.24, 2.45) is 5.92 Å². The molecule has 1 fully saturated rings. The fourth-order valence-electron chi connectivity index (χ4n) is 3.47. The van der Waals surface area contributed by atoms with E-state index in [0.29, 0.717) is 4.31 Å². The van der Waals surface area contributed by atoms with Gasteiger partial charge >= 0.3 is 0 Å². The fraction of sp³-hybridized carbons (Fsp3) is 0.136. The Balaban J connectivity index is 1.74. The average Bonchev–Trinajstić information content (AvgIpc) is 3.50. The van der Waals surface area contributed by atoms with Gasteiger partial charge in [0.25, 0.3) is 10.0 Å². The number of hydrogen-bond acceptors (Lipinski definition) is 4. The summed E-state index contributed by atoms with van der Waals surface area (Å²) in [5, 5.41) is 9.53. The predicted molar refractivity (Wildman–Crippen MR) is 106 cm³/mol. The topological polar surface area (TPSA) is 74.7 Å². The van der Waals surface area contributed by atoms with Crippen molar-refractivity contribution < 1.29 is 27.1 Å². The van der Waals surface area contributed by atoms with Crippen LogP contribution in [0, 0.1) is 17.6 Å². The Kier molecular flexibility index (Phi) is 5.03. The number of carbonyl (C=O) groups is 1. The number of benzene rings is 3. The first-order valence-electron chi connectivity index (χ1n) is 9.18. The molecule has 4 rings (SSSR count). The molecule has 154 valence electrons. The van der Waals surface area contributed by atoms with Crippen LogP contribution >= 0.6 is 0 Å². The smallest absolute Gasteiger partial charge is 0.270 e. The van der Waals surface area contributed by atoms with Gasteiger partial charge in [0.05, 0.1) is 10.6 Å². The van der Waals surface area contributed by atoms with E-state index in [0.717, 1.165) is 12.1 Å². The lowest BCUT2D eigenvalue weighted by Gasteiger charge is -2.23. The molecular formula is C22H17F2NO4S. The van der Waals surface area contributed by atoms with Crippen molar-refractivity contribution in [3.63, 3.8) is 0 Å². The number of halogens is 2. The summed E-state index contributed by atoms with van der Waals surface area (Å²) >= 11 is 0. The van der Waals surface area contributed by atoms with Gasteiger partial charge < -0.3 is 5.11 Å². The summed E-state index contributed by atoms with van der Waals surface area (Å²) in [5.74, 6) is -4.04. The van der Waals surface area contributed by atoms with E-state index in [1.165, 1.54) is 54.6 Å². The standard InChI is InChI=1S/C22H17F2NO4S/c23-19-7-4-8-20(24)21(19)17-13-18(17)22(27)25(14-9-11-15(26)12-10-14)30(28,29)16-5-2-1-3-6-16/h1-12,17-18,26H,13H2/t17-,18-/m0/s1. The van der Waals surface area contributed by atoms with Crippen molar-refractivity contribution in [2.75, 3.05) is 4.31 Å². The van der Waals surface area contributed by atoms with Crippen LogP contribution in [0.2, 0.25) is 0 Å². The third-order valence-electron chi connectivity index (χ3n) is 5.04. The number of phenolic OH excluding ortho intramolecular Hbond substituents is 1. The number of carbonyl (C=O) groups excluding carboxylic acids is 1. The minimum Gasteiger partial charge on any atom is -0.508 e. The molecule has 0 aromatic heterocycles. The van der Waals surface area contributed by atoms with E-state index in [9.17, 15) is 27.1 Å². The van der Waals surface area contributed by atoms with Gasteiger partial charge in [-0.25, -0.2) is 21.5 Å². The lowest BCUT2D eigenvalue weighted by molar-refractivity contribution is -0.118. The number of rotatable bonds is 5. The Bertz CT molecular complexity index is 1180. The van der Waals surface area contributed by atoms with E-state index in [1.807, 2.05) is 0 Å². The van der Waals surface area contributed by atoms with Crippen molar-refractivity contribution in [1.29, 1.82) is 0 Å². The van der Waals surface area contributed by atoms with Gasteiger partial charge in [-0.3, -0.25) is 4.79 Å². The average molecular weight is 429 g/mol. The van der Waals surface area contributed by atoms with Crippen LogP contribution in [-0.2, 0) is 14.8 Å². The molecule has 0 unspecified atom stereocenters. The van der Waals surface area contributed by atoms with Crippen LogP contribution in [-0.4, -0.2) is 19.4 Å². The maximum Gasteiger partial charge on any atom is 0.270 e. The Hall–Kier alpha value is -3.26. The molecule has 1 aliphatic rings. The second-order valence-corrected chi connectivity index (χ2v) is 8.81. The number of aromatic hydroxyl groups is 1. The molecule has 8 heteroatoms. The van der Waals surface area contributed by atoms with Crippen molar-refractivity contribution in [2.45, 2.75) is 17.2 Å². The summed E-state index contributed by atoms with van der Waals surface area (Å²) in [6.45, 7) is 0. The SMILES string of the molecule is O=C([C@H]1C[C@@H]1c1c(F)cccc1F)N(c1ccc(O)cc1)S(=O)(=O)c1ccccc1. The summed E-state index contributed by atoms with van der Waals surface area (Å²) < 4.78 is 55.4. The summed E-state index contributed by atoms with van der Waals surface area (Å²) in [5.41, 5.74) is -0.181. The molecule has 0 spiro atoms. The third kappa shape index (κ3) is 3.54. The highest BCUT2D eigenvalue weighted by Gasteiger charge is 2.50. The number of phenols is 1. The molecule has 2 atom stereocenters. The molecular weight excluding hydrogens is 412 g/mol. The Labute approximate surface area is 172 Å². The largest absolute Gasteiger partial charge is 0.508 e. The van der Waals surface area contributed by atoms with Gasteiger partial charge in [0, 0.05) is 17.4 Å². The van der Waals surface area contributed by atoms with Crippen LogP contribution in [0.5, 0.6) is 5.75 Å². The molecule has 5 nitrogen and oxygen atoms in total. The maximum absolute atomic E-state index is 14.1. The second kappa shape index (κ2) is 7.53. The van der Waals surface area contributed by atoms with Gasteiger partial charge in [0.15, 0.2) is 0 Å². The van der Waals surface area contributed by atoms with Crippen molar-refractivity contribution in [3.05, 3.63) is 90.0 Å². The number of sulfonamides is 1. The molecule has 0 radical (unpaired) electrons. The molecule has 0 heterocycles. The minimum absolute atomic E-state index is 0.0290. The lowest BCUT2D eigenvalue weighted by Crippen LogP contribution is -2.38. The molecule has 1 saturated carbocycles. The molecule has 1 amide bonds. The molecule has 0 aliphatic heterocycles.